The Morgan fingerprint density at radius 1 is 0.938 bits per heavy atom. The summed E-state index contributed by atoms with van der Waals surface area (Å²) in [7, 11) is 0. The summed E-state index contributed by atoms with van der Waals surface area (Å²) in [5.74, 6) is -0.713. The zero-order valence-electron chi connectivity index (χ0n) is 17.0. The first-order chi connectivity index (χ1) is 15.3. The molecule has 0 radical (unpaired) electrons. The van der Waals surface area contributed by atoms with Crippen LogP contribution in [-0.2, 0) is 0 Å². The van der Waals surface area contributed by atoms with E-state index in [9.17, 15) is 18.8 Å². The predicted octanol–water partition coefficient (Wildman–Crippen LogP) is 3.39. The molecule has 32 heavy (non-hydrogen) atoms. The number of hydrogen-bond acceptors (Lipinski definition) is 3. The lowest BCUT2D eigenvalue weighted by molar-refractivity contribution is 0.0943. The topological polar surface area (TPSA) is 144 Å². The summed E-state index contributed by atoms with van der Waals surface area (Å²) in [4.78, 5) is 37.1. The molecule has 0 aliphatic heterocycles. The van der Waals surface area contributed by atoms with Crippen molar-refractivity contribution >= 4 is 29.0 Å². The Labute approximate surface area is 182 Å². The Kier molecular flexibility index (Phi) is 7.27. The molecule has 3 aromatic rings. The Hall–Kier alpha value is -4.08. The summed E-state index contributed by atoms with van der Waals surface area (Å²) in [6.45, 7) is 0.230. The average molecular weight is 442 g/mol. The number of fused-ring (bicyclic) bond motifs is 1. The maximum Gasteiger partial charge on any atom is 0.404 e. The van der Waals surface area contributed by atoms with Crippen LogP contribution < -0.4 is 16.0 Å². The molecular formula is C22H23FN4O5. The van der Waals surface area contributed by atoms with Gasteiger partial charge in [-0.3, -0.25) is 4.79 Å². The molecule has 0 aliphatic rings. The van der Waals surface area contributed by atoms with Gasteiger partial charge in [-0.05, 0) is 54.3 Å². The van der Waals surface area contributed by atoms with Crippen molar-refractivity contribution in [1.29, 1.82) is 0 Å². The largest absolute Gasteiger partial charge is 0.465 e. The first-order valence-electron chi connectivity index (χ1n) is 9.95. The van der Waals surface area contributed by atoms with Gasteiger partial charge in [0.25, 0.3) is 5.91 Å². The summed E-state index contributed by atoms with van der Waals surface area (Å²) in [5.41, 5.74) is 2.79. The van der Waals surface area contributed by atoms with Crippen LogP contribution in [0.2, 0.25) is 0 Å². The van der Waals surface area contributed by atoms with E-state index < -0.39 is 24.1 Å². The molecule has 0 spiro atoms. The van der Waals surface area contributed by atoms with Gasteiger partial charge < -0.3 is 31.1 Å². The molecule has 0 unspecified atom stereocenters. The third-order valence-corrected chi connectivity index (χ3v) is 4.89. The Bertz CT molecular complexity index is 1110. The smallest absolute Gasteiger partial charge is 0.404 e. The molecular weight excluding hydrogens is 419 g/mol. The first kappa shape index (κ1) is 22.6. The van der Waals surface area contributed by atoms with E-state index in [2.05, 4.69) is 20.9 Å². The number of carbonyl (C=O) groups is 3. The number of nitrogens with one attached hydrogen (secondary N) is 4. The zero-order valence-corrected chi connectivity index (χ0v) is 17.0. The SMILES string of the molecule is O=C(O)NCCC[C@H](CNC(=O)c1cc2cc(-c3ccc(F)cc3)ccc2[nH]1)NC(=O)O. The van der Waals surface area contributed by atoms with Crippen molar-refractivity contribution < 1.29 is 29.0 Å². The standard InChI is InChI=1S/C22H23FN4O5/c23-16-6-3-13(4-7-16)14-5-8-18-15(10-14)11-19(27-18)20(28)25-12-17(26-22(31)32)2-1-9-24-21(29)30/h3-8,10-11,17,24,26-27H,1-2,9,12H2,(H,25,28)(H,29,30)(H,31,32)/t17-/m1/s1. The normalized spacial score (nSPS) is 11.7. The van der Waals surface area contributed by atoms with Crippen molar-refractivity contribution in [3.8, 4) is 11.1 Å². The quantitative estimate of drug-likeness (QED) is 0.282. The number of aromatic nitrogens is 1. The van der Waals surface area contributed by atoms with Gasteiger partial charge in [-0.2, -0.15) is 0 Å². The summed E-state index contributed by atoms with van der Waals surface area (Å²) in [5, 5.41) is 25.6. The molecule has 3 amide bonds. The lowest BCUT2D eigenvalue weighted by atomic mass is 10.0. The molecule has 0 saturated heterocycles. The second-order valence-electron chi connectivity index (χ2n) is 7.22. The number of H-pyrrole nitrogens is 1. The lowest BCUT2D eigenvalue weighted by Crippen LogP contribution is -2.43. The van der Waals surface area contributed by atoms with Gasteiger partial charge in [-0.15, -0.1) is 0 Å². The number of halogens is 1. The van der Waals surface area contributed by atoms with Crippen molar-refractivity contribution in [1.82, 2.24) is 20.9 Å². The third-order valence-electron chi connectivity index (χ3n) is 4.89. The number of carboxylic acid groups (broad SMARTS) is 2. The van der Waals surface area contributed by atoms with Gasteiger partial charge in [0.15, 0.2) is 0 Å². The maximum absolute atomic E-state index is 13.2. The summed E-state index contributed by atoms with van der Waals surface area (Å²) >= 11 is 0. The molecule has 0 fully saturated rings. The van der Waals surface area contributed by atoms with E-state index in [0.717, 1.165) is 22.0 Å². The van der Waals surface area contributed by atoms with Gasteiger partial charge in [0.2, 0.25) is 0 Å². The lowest BCUT2D eigenvalue weighted by Gasteiger charge is -2.17. The van der Waals surface area contributed by atoms with Crippen LogP contribution in [0.15, 0.2) is 48.5 Å². The van der Waals surface area contributed by atoms with Crippen molar-refractivity contribution in [2.24, 2.45) is 0 Å². The Morgan fingerprint density at radius 3 is 2.34 bits per heavy atom. The first-order valence-corrected chi connectivity index (χ1v) is 9.95. The number of benzene rings is 2. The highest BCUT2D eigenvalue weighted by Gasteiger charge is 2.15. The van der Waals surface area contributed by atoms with Crippen molar-refractivity contribution in [3.05, 3.63) is 60.0 Å². The number of amides is 3. The van der Waals surface area contributed by atoms with Crippen LogP contribution in [0, 0.1) is 5.82 Å². The van der Waals surface area contributed by atoms with Crippen molar-refractivity contribution in [3.63, 3.8) is 0 Å². The van der Waals surface area contributed by atoms with E-state index in [-0.39, 0.29) is 18.9 Å². The van der Waals surface area contributed by atoms with Gasteiger partial charge in [-0.1, -0.05) is 18.2 Å². The minimum atomic E-state index is -1.23. The van der Waals surface area contributed by atoms with Crippen LogP contribution in [0.1, 0.15) is 23.3 Å². The van der Waals surface area contributed by atoms with E-state index in [4.69, 9.17) is 10.2 Å². The van der Waals surface area contributed by atoms with E-state index in [1.165, 1.54) is 12.1 Å². The molecule has 1 aromatic heterocycles. The molecule has 0 aliphatic carbocycles. The van der Waals surface area contributed by atoms with E-state index in [1.54, 1.807) is 18.2 Å². The molecule has 1 heterocycles. The van der Waals surface area contributed by atoms with Crippen molar-refractivity contribution in [2.75, 3.05) is 13.1 Å². The van der Waals surface area contributed by atoms with Crippen LogP contribution in [0.4, 0.5) is 14.0 Å². The summed E-state index contributed by atoms with van der Waals surface area (Å²) in [6, 6.07) is 12.8. The molecule has 1 atom stereocenters. The monoisotopic (exact) mass is 442 g/mol. The number of rotatable bonds is 9. The van der Waals surface area contributed by atoms with E-state index in [1.807, 2.05) is 18.2 Å². The third kappa shape index (κ3) is 6.21. The zero-order chi connectivity index (χ0) is 23.1. The minimum absolute atomic E-state index is 0.0500. The molecule has 6 N–H and O–H groups in total. The molecule has 9 nitrogen and oxygen atoms in total. The van der Waals surface area contributed by atoms with Gasteiger partial charge in [0.05, 0.1) is 0 Å². The fraction of sp³-hybridized carbons (Fsp3) is 0.227. The van der Waals surface area contributed by atoms with Gasteiger partial charge in [0.1, 0.15) is 11.5 Å². The minimum Gasteiger partial charge on any atom is -0.465 e. The molecule has 3 rings (SSSR count). The van der Waals surface area contributed by atoms with Crippen LogP contribution in [-0.4, -0.2) is 52.4 Å². The average Bonchev–Trinajstić information content (AvgIpc) is 3.18. The molecule has 0 saturated carbocycles. The van der Waals surface area contributed by atoms with Gasteiger partial charge >= 0.3 is 12.2 Å². The highest BCUT2D eigenvalue weighted by atomic mass is 19.1. The molecule has 2 aromatic carbocycles. The van der Waals surface area contributed by atoms with Gasteiger partial charge in [0, 0.05) is 30.0 Å². The van der Waals surface area contributed by atoms with E-state index in [0.29, 0.717) is 18.5 Å². The van der Waals surface area contributed by atoms with Crippen LogP contribution >= 0.6 is 0 Å². The molecule has 0 bridgehead atoms. The van der Waals surface area contributed by atoms with E-state index >= 15 is 0 Å². The Balaban J connectivity index is 1.63. The maximum atomic E-state index is 13.2. The summed E-state index contributed by atoms with van der Waals surface area (Å²) in [6.07, 6.45) is -1.62. The fourth-order valence-electron chi connectivity index (χ4n) is 3.33. The number of hydrogen-bond donors (Lipinski definition) is 6. The Morgan fingerprint density at radius 2 is 1.66 bits per heavy atom. The summed E-state index contributed by atoms with van der Waals surface area (Å²) < 4.78 is 13.2. The van der Waals surface area contributed by atoms with Gasteiger partial charge in [-0.25, -0.2) is 14.0 Å². The van der Waals surface area contributed by atoms with Crippen molar-refractivity contribution in [2.45, 2.75) is 18.9 Å². The van der Waals surface area contributed by atoms with Crippen LogP contribution in [0.3, 0.4) is 0 Å². The molecule has 10 heteroatoms. The highest BCUT2D eigenvalue weighted by molar-refractivity contribution is 5.99. The second kappa shape index (κ2) is 10.3. The number of aromatic amines is 1. The predicted molar refractivity (Wildman–Crippen MR) is 116 cm³/mol. The van der Waals surface area contributed by atoms with Crippen LogP contribution in [0.25, 0.3) is 22.0 Å². The second-order valence-corrected chi connectivity index (χ2v) is 7.22. The van der Waals surface area contributed by atoms with Crippen LogP contribution in [0.5, 0.6) is 0 Å². The molecule has 168 valence electrons. The fourth-order valence-corrected chi connectivity index (χ4v) is 3.33. The highest BCUT2D eigenvalue weighted by Crippen LogP contribution is 2.25. The number of carbonyl (C=O) groups excluding carboxylic acids is 1.